The van der Waals surface area contributed by atoms with Crippen molar-refractivity contribution in [3.63, 3.8) is 0 Å². The largest absolute Gasteiger partial charge is 0.494 e. The van der Waals surface area contributed by atoms with E-state index in [1.807, 2.05) is 61.6 Å². The van der Waals surface area contributed by atoms with Crippen molar-refractivity contribution in [2.45, 2.75) is 12.2 Å². The zero-order valence-electron chi connectivity index (χ0n) is 13.7. The number of ether oxygens (including phenoxy) is 1. The number of hydrogen-bond donors (Lipinski definition) is 0. The number of carbonyl (C=O) groups excluding carboxylic acids is 1. The van der Waals surface area contributed by atoms with Gasteiger partial charge >= 0.3 is 0 Å². The molecule has 0 saturated heterocycles. The fourth-order valence-corrected chi connectivity index (χ4v) is 2.77. The van der Waals surface area contributed by atoms with E-state index in [2.05, 4.69) is 6.26 Å². The molecule has 3 nitrogen and oxygen atoms in total. The van der Waals surface area contributed by atoms with E-state index >= 15 is 0 Å². The molecular weight excluding hydrogens is 306 g/mol. The summed E-state index contributed by atoms with van der Waals surface area (Å²) in [6.45, 7) is 1.28. The van der Waals surface area contributed by atoms with Crippen LogP contribution >= 0.6 is 11.8 Å². The van der Waals surface area contributed by atoms with E-state index in [-0.39, 0.29) is 5.91 Å². The molecule has 122 valence electrons. The van der Waals surface area contributed by atoms with E-state index in [1.54, 1.807) is 16.7 Å². The second-order valence-electron chi connectivity index (χ2n) is 5.37. The molecule has 0 aliphatic heterocycles. The first kappa shape index (κ1) is 17.4. The molecule has 0 unspecified atom stereocenters. The SMILES string of the molecule is CSCc1ccc(C(=O)N(C)CCCOc2ccccc2)cc1. The second kappa shape index (κ2) is 9.26. The van der Waals surface area contributed by atoms with Crippen LogP contribution in [0.5, 0.6) is 5.75 Å². The number of carbonyl (C=O) groups is 1. The number of hydrogen-bond acceptors (Lipinski definition) is 3. The second-order valence-corrected chi connectivity index (χ2v) is 6.24. The predicted octanol–water partition coefficient (Wildman–Crippen LogP) is 4.09. The summed E-state index contributed by atoms with van der Waals surface area (Å²) in [6.07, 6.45) is 2.88. The lowest BCUT2D eigenvalue weighted by Gasteiger charge is -2.17. The van der Waals surface area contributed by atoms with Gasteiger partial charge in [-0.15, -0.1) is 0 Å². The molecule has 0 bridgehead atoms. The highest BCUT2D eigenvalue weighted by Crippen LogP contribution is 2.12. The summed E-state index contributed by atoms with van der Waals surface area (Å²) in [5.41, 5.74) is 1.98. The van der Waals surface area contributed by atoms with E-state index < -0.39 is 0 Å². The number of nitrogens with zero attached hydrogens (tertiary/aromatic N) is 1. The van der Waals surface area contributed by atoms with Gasteiger partial charge in [-0.25, -0.2) is 0 Å². The Kier molecular flexibility index (Phi) is 7.01. The summed E-state index contributed by atoms with van der Waals surface area (Å²) in [7, 11) is 1.83. The van der Waals surface area contributed by atoms with E-state index in [0.29, 0.717) is 13.2 Å². The van der Waals surface area contributed by atoms with Crippen molar-refractivity contribution < 1.29 is 9.53 Å². The maximum Gasteiger partial charge on any atom is 0.253 e. The van der Waals surface area contributed by atoms with Gasteiger partial charge in [-0.2, -0.15) is 11.8 Å². The van der Waals surface area contributed by atoms with Crippen molar-refractivity contribution in [1.29, 1.82) is 0 Å². The predicted molar refractivity (Wildman–Crippen MR) is 97.2 cm³/mol. The van der Waals surface area contributed by atoms with Gasteiger partial charge in [0, 0.05) is 24.9 Å². The molecule has 0 aromatic heterocycles. The van der Waals surface area contributed by atoms with Crippen LogP contribution in [0.4, 0.5) is 0 Å². The quantitative estimate of drug-likeness (QED) is 0.683. The monoisotopic (exact) mass is 329 g/mol. The van der Waals surface area contributed by atoms with E-state index in [9.17, 15) is 4.79 Å². The lowest BCUT2D eigenvalue weighted by atomic mass is 10.1. The van der Waals surface area contributed by atoms with E-state index in [4.69, 9.17) is 4.74 Å². The summed E-state index contributed by atoms with van der Waals surface area (Å²) in [5.74, 6) is 1.90. The molecule has 2 aromatic carbocycles. The van der Waals surface area contributed by atoms with Gasteiger partial charge in [0.25, 0.3) is 5.91 Å². The Morgan fingerprint density at radius 1 is 1.09 bits per heavy atom. The van der Waals surface area contributed by atoms with Gasteiger partial charge < -0.3 is 9.64 Å². The summed E-state index contributed by atoms with van der Waals surface area (Å²) in [5, 5.41) is 0. The van der Waals surface area contributed by atoms with Gasteiger partial charge in [0.15, 0.2) is 0 Å². The fourth-order valence-electron chi connectivity index (χ4n) is 2.24. The Morgan fingerprint density at radius 2 is 1.78 bits per heavy atom. The molecule has 1 amide bonds. The lowest BCUT2D eigenvalue weighted by Crippen LogP contribution is -2.28. The minimum Gasteiger partial charge on any atom is -0.494 e. The van der Waals surface area contributed by atoms with Crippen molar-refractivity contribution >= 4 is 17.7 Å². The van der Waals surface area contributed by atoms with Crippen LogP contribution in [0.3, 0.4) is 0 Å². The maximum absolute atomic E-state index is 12.4. The van der Waals surface area contributed by atoms with Crippen LogP contribution in [0.25, 0.3) is 0 Å². The van der Waals surface area contributed by atoms with Crippen LogP contribution in [0, 0.1) is 0 Å². The van der Waals surface area contributed by atoms with Crippen molar-refractivity contribution in [3.8, 4) is 5.75 Å². The van der Waals surface area contributed by atoms with E-state index in [0.717, 1.165) is 23.5 Å². The van der Waals surface area contributed by atoms with Crippen molar-refractivity contribution in [1.82, 2.24) is 4.90 Å². The molecule has 0 aliphatic carbocycles. The van der Waals surface area contributed by atoms with Gasteiger partial charge in [0.2, 0.25) is 0 Å². The van der Waals surface area contributed by atoms with Crippen molar-refractivity contribution in [2.24, 2.45) is 0 Å². The fraction of sp³-hybridized carbons (Fsp3) is 0.316. The third kappa shape index (κ3) is 5.64. The number of para-hydroxylation sites is 1. The van der Waals surface area contributed by atoms with Crippen LogP contribution in [0.15, 0.2) is 54.6 Å². The smallest absolute Gasteiger partial charge is 0.253 e. The average molecular weight is 329 g/mol. The van der Waals surface area contributed by atoms with Gasteiger partial charge in [0.05, 0.1) is 6.61 Å². The number of benzene rings is 2. The molecule has 0 spiro atoms. The van der Waals surface area contributed by atoms with Crippen LogP contribution < -0.4 is 4.74 Å². The molecular formula is C19H23NO2S. The first-order chi connectivity index (χ1) is 11.2. The summed E-state index contributed by atoms with van der Waals surface area (Å²) < 4.78 is 5.64. The summed E-state index contributed by atoms with van der Waals surface area (Å²) >= 11 is 1.78. The van der Waals surface area contributed by atoms with Crippen LogP contribution in [0.1, 0.15) is 22.3 Å². The molecule has 0 aliphatic rings. The number of amides is 1. The molecule has 0 heterocycles. The molecule has 2 rings (SSSR count). The third-order valence-corrected chi connectivity index (χ3v) is 4.13. The van der Waals surface area contributed by atoms with Crippen LogP contribution in [-0.2, 0) is 5.75 Å². The molecule has 0 radical (unpaired) electrons. The summed E-state index contributed by atoms with van der Waals surface area (Å²) in [4.78, 5) is 14.1. The molecule has 0 atom stereocenters. The summed E-state index contributed by atoms with van der Waals surface area (Å²) in [6, 6.07) is 17.6. The van der Waals surface area contributed by atoms with Crippen molar-refractivity contribution in [2.75, 3.05) is 26.5 Å². The zero-order valence-corrected chi connectivity index (χ0v) is 14.5. The van der Waals surface area contributed by atoms with Crippen LogP contribution in [0.2, 0.25) is 0 Å². The van der Waals surface area contributed by atoms with Gasteiger partial charge in [0.1, 0.15) is 5.75 Å². The molecule has 0 N–H and O–H groups in total. The van der Waals surface area contributed by atoms with Crippen LogP contribution in [-0.4, -0.2) is 37.3 Å². The Hall–Kier alpha value is -1.94. The molecule has 23 heavy (non-hydrogen) atoms. The number of rotatable bonds is 8. The minimum absolute atomic E-state index is 0.0559. The highest BCUT2D eigenvalue weighted by atomic mass is 32.2. The third-order valence-electron chi connectivity index (χ3n) is 3.51. The van der Waals surface area contributed by atoms with Gasteiger partial charge in [-0.3, -0.25) is 4.79 Å². The highest BCUT2D eigenvalue weighted by molar-refractivity contribution is 7.97. The van der Waals surface area contributed by atoms with Gasteiger partial charge in [-0.1, -0.05) is 30.3 Å². The maximum atomic E-state index is 12.4. The van der Waals surface area contributed by atoms with Gasteiger partial charge in [-0.05, 0) is 42.5 Å². The standard InChI is InChI=1S/C19H23NO2S/c1-20(13-6-14-22-18-7-4-3-5-8-18)19(21)17-11-9-16(10-12-17)15-23-2/h3-5,7-12H,6,13-15H2,1-2H3. The topological polar surface area (TPSA) is 29.5 Å². The molecule has 0 fully saturated rings. The number of thioether (sulfide) groups is 1. The molecule has 4 heteroatoms. The Balaban J connectivity index is 1.76. The van der Waals surface area contributed by atoms with E-state index in [1.165, 1.54) is 5.56 Å². The lowest BCUT2D eigenvalue weighted by molar-refractivity contribution is 0.0788. The first-order valence-corrected chi connectivity index (χ1v) is 9.11. The van der Waals surface area contributed by atoms with Crippen molar-refractivity contribution in [3.05, 3.63) is 65.7 Å². The Morgan fingerprint density at radius 3 is 2.43 bits per heavy atom. The Labute approximate surface area is 142 Å². The highest BCUT2D eigenvalue weighted by Gasteiger charge is 2.11. The normalized spacial score (nSPS) is 10.3. The average Bonchev–Trinajstić information content (AvgIpc) is 2.60. The zero-order chi connectivity index (χ0) is 16.5. The minimum atomic E-state index is 0.0559. The molecule has 2 aromatic rings. The molecule has 0 saturated carbocycles. The Bertz CT molecular complexity index is 599. The first-order valence-electron chi connectivity index (χ1n) is 7.72.